The van der Waals surface area contributed by atoms with Crippen LogP contribution >= 0.6 is 0 Å². The number of carbonyl (C=O) groups excluding carboxylic acids is 1. The smallest absolute Gasteiger partial charge is 0.303 e. The van der Waals surface area contributed by atoms with Gasteiger partial charge in [-0.3, -0.25) is 9.59 Å². The lowest BCUT2D eigenvalue weighted by atomic mass is 9.92. The van der Waals surface area contributed by atoms with E-state index in [1.54, 1.807) is 12.1 Å². The normalized spacial score (nSPS) is 16.9. The minimum atomic E-state index is -0.946. The zero-order valence-corrected chi connectivity index (χ0v) is 12.6. The summed E-state index contributed by atoms with van der Waals surface area (Å²) in [7, 11) is 0. The molecule has 1 saturated heterocycles. The Kier molecular flexibility index (Phi) is 5.92. The van der Waals surface area contributed by atoms with Crippen LogP contribution < -0.4 is 0 Å². The number of carbonyl (C=O) groups is 2. The fourth-order valence-corrected chi connectivity index (χ4v) is 2.91. The second-order valence-electron chi connectivity index (χ2n) is 5.85. The molecule has 1 amide bonds. The summed E-state index contributed by atoms with van der Waals surface area (Å²) in [6, 6.07) is 5.75. The molecule has 0 bridgehead atoms. The van der Waals surface area contributed by atoms with Crippen molar-refractivity contribution in [1.29, 1.82) is 0 Å². The lowest BCUT2D eigenvalue weighted by molar-refractivity contribution is -0.138. The SMILES string of the molecule is O=C(O)C[C@H](CC(=O)N1CCCCCC1)c1ccc(F)cc1. The van der Waals surface area contributed by atoms with Gasteiger partial charge in [0.05, 0.1) is 6.42 Å². The van der Waals surface area contributed by atoms with Gasteiger partial charge in [0.15, 0.2) is 0 Å². The van der Waals surface area contributed by atoms with Crippen LogP contribution in [-0.2, 0) is 9.59 Å². The molecule has 0 aliphatic carbocycles. The van der Waals surface area contributed by atoms with Gasteiger partial charge in [0, 0.05) is 25.4 Å². The summed E-state index contributed by atoms with van der Waals surface area (Å²) in [5, 5.41) is 9.07. The van der Waals surface area contributed by atoms with Crippen molar-refractivity contribution in [3.63, 3.8) is 0 Å². The van der Waals surface area contributed by atoms with Crippen molar-refractivity contribution in [2.45, 2.75) is 44.4 Å². The maximum absolute atomic E-state index is 13.0. The molecule has 1 aliphatic heterocycles. The average Bonchev–Trinajstić information content (AvgIpc) is 2.76. The molecule has 0 spiro atoms. The second-order valence-corrected chi connectivity index (χ2v) is 5.85. The fourth-order valence-electron chi connectivity index (χ4n) is 2.91. The summed E-state index contributed by atoms with van der Waals surface area (Å²) < 4.78 is 13.0. The number of nitrogens with zero attached hydrogens (tertiary/aromatic N) is 1. The molecule has 120 valence electrons. The number of rotatable bonds is 5. The first-order valence-electron chi connectivity index (χ1n) is 7.81. The third-order valence-corrected chi connectivity index (χ3v) is 4.14. The molecule has 1 fully saturated rings. The van der Waals surface area contributed by atoms with Gasteiger partial charge in [-0.15, -0.1) is 0 Å². The number of halogens is 1. The summed E-state index contributed by atoms with van der Waals surface area (Å²) in [6.07, 6.45) is 4.33. The molecule has 0 aromatic heterocycles. The third kappa shape index (κ3) is 4.83. The number of carboxylic acid groups (broad SMARTS) is 1. The minimum absolute atomic E-state index is 0.00234. The van der Waals surface area contributed by atoms with Gasteiger partial charge in [-0.1, -0.05) is 25.0 Å². The van der Waals surface area contributed by atoms with Crippen molar-refractivity contribution in [3.05, 3.63) is 35.6 Å². The monoisotopic (exact) mass is 307 g/mol. The van der Waals surface area contributed by atoms with Crippen molar-refractivity contribution >= 4 is 11.9 Å². The highest BCUT2D eigenvalue weighted by atomic mass is 19.1. The Morgan fingerprint density at radius 3 is 2.18 bits per heavy atom. The average molecular weight is 307 g/mol. The van der Waals surface area contributed by atoms with E-state index < -0.39 is 11.9 Å². The van der Waals surface area contributed by atoms with Crippen molar-refractivity contribution in [2.24, 2.45) is 0 Å². The Morgan fingerprint density at radius 1 is 1.05 bits per heavy atom. The largest absolute Gasteiger partial charge is 0.481 e. The van der Waals surface area contributed by atoms with Crippen LogP contribution in [0.25, 0.3) is 0 Å². The molecule has 2 rings (SSSR count). The van der Waals surface area contributed by atoms with E-state index >= 15 is 0 Å². The minimum Gasteiger partial charge on any atom is -0.481 e. The molecule has 0 radical (unpaired) electrons. The number of amides is 1. The Morgan fingerprint density at radius 2 is 1.64 bits per heavy atom. The van der Waals surface area contributed by atoms with Crippen LogP contribution in [0.15, 0.2) is 24.3 Å². The van der Waals surface area contributed by atoms with Gasteiger partial charge >= 0.3 is 5.97 Å². The molecule has 1 aliphatic rings. The van der Waals surface area contributed by atoms with E-state index in [1.165, 1.54) is 12.1 Å². The summed E-state index contributed by atoms with van der Waals surface area (Å²) in [6.45, 7) is 1.50. The molecule has 22 heavy (non-hydrogen) atoms. The van der Waals surface area contributed by atoms with E-state index in [0.29, 0.717) is 5.56 Å². The van der Waals surface area contributed by atoms with E-state index in [9.17, 15) is 14.0 Å². The first kappa shape index (κ1) is 16.5. The van der Waals surface area contributed by atoms with Gasteiger partial charge < -0.3 is 10.0 Å². The Bertz CT molecular complexity index is 507. The highest BCUT2D eigenvalue weighted by molar-refractivity contribution is 5.78. The van der Waals surface area contributed by atoms with Gasteiger partial charge in [0.2, 0.25) is 5.91 Å². The van der Waals surface area contributed by atoms with E-state index in [2.05, 4.69) is 0 Å². The molecule has 0 saturated carbocycles. The highest BCUT2D eigenvalue weighted by Gasteiger charge is 2.23. The zero-order valence-electron chi connectivity index (χ0n) is 12.6. The molecule has 0 unspecified atom stereocenters. The van der Waals surface area contributed by atoms with Crippen molar-refractivity contribution in [3.8, 4) is 0 Å². The van der Waals surface area contributed by atoms with Crippen molar-refractivity contribution < 1.29 is 19.1 Å². The maximum Gasteiger partial charge on any atom is 0.303 e. The van der Waals surface area contributed by atoms with Crippen molar-refractivity contribution in [1.82, 2.24) is 4.90 Å². The molecule has 1 atom stereocenters. The van der Waals surface area contributed by atoms with Crippen LogP contribution in [0, 0.1) is 5.82 Å². The quantitative estimate of drug-likeness (QED) is 0.909. The van der Waals surface area contributed by atoms with Gasteiger partial charge in [0.1, 0.15) is 5.82 Å². The number of aliphatic carboxylic acids is 1. The molecular weight excluding hydrogens is 285 g/mol. The number of hydrogen-bond donors (Lipinski definition) is 1. The first-order chi connectivity index (χ1) is 10.6. The van der Waals surface area contributed by atoms with Crippen LogP contribution in [0.1, 0.15) is 50.0 Å². The van der Waals surface area contributed by atoms with Gasteiger partial charge in [0.25, 0.3) is 0 Å². The van der Waals surface area contributed by atoms with E-state index in [-0.39, 0.29) is 24.6 Å². The Hall–Kier alpha value is -1.91. The van der Waals surface area contributed by atoms with Gasteiger partial charge in [-0.25, -0.2) is 4.39 Å². The molecule has 5 heteroatoms. The predicted octanol–water partition coefficient (Wildman–Crippen LogP) is 3.18. The number of likely N-dealkylation sites (tertiary alicyclic amines) is 1. The topological polar surface area (TPSA) is 57.6 Å². The van der Waals surface area contributed by atoms with Crippen LogP contribution in [-0.4, -0.2) is 35.0 Å². The summed E-state index contributed by atoms with van der Waals surface area (Å²) in [4.78, 5) is 25.3. The number of hydrogen-bond acceptors (Lipinski definition) is 2. The molecule has 1 N–H and O–H groups in total. The lowest BCUT2D eigenvalue weighted by Crippen LogP contribution is -2.33. The standard InChI is InChI=1S/C17H22FNO3/c18-15-7-5-13(6-8-15)14(12-17(21)22)11-16(20)19-9-3-1-2-4-10-19/h5-8,14H,1-4,9-12H2,(H,21,22)/t14-/m0/s1. The first-order valence-corrected chi connectivity index (χ1v) is 7.81. The van der Waals surface area contributed by atoms with Gasteiger partial charge in [-0.2, -0.15) is 0 Å². The Labute approximate surface area is 129 Å². The summed E-state index contributed by atoms with van der Waals surface area (Å²) in [5.74, 6) is -1.72. The highest BCUT2D eigenvalue weighted by Crippen LogP contribution is 2.25. The number of benzene rings is 1. The number of carboxylic acids is 1. The predicted molar refractivity (Wildman–Crippen MR) is 81.1 cm³/mol. The second kappa shape index (κ2) is 7.92. The molecule has 1 aromatic carbocycles. The summed E-state index contributed by atoms with van der Waals surface area (Å²) >= 11 is 0. The maximum atomic E-state index is 13.0. The van der Waals surface area contributed by atoms with Crippen molar-refractivity contribution in [2.75, 3.05) is 13.1 Å². The van der Waals surface area contributed by atoms with Crippen LogP contribution in [0.3, 0.4) is 0 Å². The zero-order chi connectivity index (χ0) is 15.9. The molecular formula is C17H22FNO3. The molecule has 1 heterocycles. The van der Waals surface area contributed by atoms with E-state index in [1.807, 2.05) is 4.90 Å². The fraction of sp³-hybridized carbons (Fsp3) is 0.529. The molecule has 4 nitrogen and oxygen atoms in total. The van der Waals surface area contributed by atoms with Crippen LogP contribution in [0.4, 0.5) is 4.39 Å². The third-order valence-electron chi connectivity index (χ3n) is 4.14. The van der Waals surface area contributed by atoms with Gasteiger partial charge in [-0.05, 0) is 30.5 Å². The van der Waals surface area contributed by atoms with Crippen LogP contribution in [0.5, 0.6) is 0 Å². The van der Waals surface area contributed by atoms with E-state index in [4.69, 9.17) is 5.11 Å². The Balaban J connectivity index is 2.06. The molecule has 1 aromatic rings. The van der Waals surface area contributed by atoms with E-state index in [0.717, 1.165) is 38.8 Å². The lowest BCUT2D eigenvalue weighted by Gasteiger charge is -2.23. The summed E-state index contributed by atoms with van der Waals surface area (Å²) in [5.41, 5.74) is 0.701. The van der Waals surface area contributed by atoms with Crippen LogP contribution in [0.2, 0.25) is 0 Å².